The van der Waals surface area contributed by atoms with Gasteiger partial charge in [0.1, 0.15) is 0 Å². The number of hydrogen-bond acceptors (Lipinski definition) is 7. The Balaban J connectivity index is 1.42. The van der Waals surface area contributed by atoms with Crippen LogP contribution in [0.2, 0.25) is 0 Å². The second-order valence-corrected chi connectivity index (χ2v) is 10.5. The summed E-state index contributed by atoms with van der Waals surface area (Å²) < 4.78 is 11.1. The van der Waals surface area contributed by atoms with Crippen LogP contribution in [-0.4, -0.2) is 24.3 Å². The number of aromatic nitrogens is 1. The molecule has 0 aliphatic heterocycles. The second kappa shape index (κ2) is 10.7. The molecule has 0 spiro atoms. The van der Waals surface area contributed by atoms with Gasteiger partial charge in [-0.2, -0.15) is 5.10 Å². The van der Waals surface area contributed by atoms with Gasteiger partial charge in [0.25, 0.3) is 0 Å². The molecule has 0 atom stereocenters. The summed E-state index contributed by atoms with van der Waals surface area (Å²) in [7, 11) is 1.54. The van der Waals surface area contributed by atoms with Gasteiger partial charge in [0.2, 0.25) is 5.13 Å². The quantitative estimate of drug-likeness (QED) is 0.127. The molecule has 0 aliphatic carbocycles. The number of methoxy groups -OCH3 is 1. The average molecular weight is 500 g/mol. The highest BCUT2D eigenvalue weighted by molar-refractivity contribution is 7.16. The molecule has 36 heavy (non-hydrogen) atoms. The summed E-state index contributed by atoms with van der Waals surface area (Å²) in [5, 5.41) is 5.02. The van der Waals surface area contributed by atoms with E-state index in [0.717, 1.165) is 27.3 Å². The number of thiazole rings is 1. The van der Waals surface area contributed by atoms with Crippen molar-refractivity contribution in [3.05, 3.63) is 94.4 Å². The fraction of sp³-hybridized carbons (Fsp3) is 0.207. The molecule has 0 bridgehead atoms. The number of aryl methyl sites for hydroxylation is 1. The van der Waals surface area contributed by atoms with E-state index in [-0.39, 0.29) is 5.41 Å². The molecule has 4 aromatic rings. The van der Waals surface area contributed by atoms with Crippen LogP contribution >= 0.6 is 11.3 Å². The van der Waals surface area contributed by atoms with Crippen LogP contribution in [0.3, 0.4) is 0 Å². The molecule has 3 aromatic carbocycles. The number of hydrazone groups is 1. The molecular formula is C29H29N3O3S. The third kappa shape index (κ3) is 5.98. The third-order valence-electron chi connectivity index (χ3n) is 5.59. The van der Waals surface area contributed by atoms with E-state index in [1.54, 1.807) is 41.8 Å². The van der Waals surface area contributed by atoms with E-state index in [4.69, 9.17) is 9.47 Å². The number of carbonyl (C=O) groups is 1. The highest BCUT2D eigenvalue weighted by Gasteiger charge is 2.16. The van der Waals surface area contributed by atoms with Gasteiger partial charge in [-0.3, -0.25) is 5.43 Å². The van der Waals surface area contributed by atoms with Crippen LogP contribution in [0.4, 0.5) is 5.13 Å². The number of ether oxygens (including phenoxy) is 2. The van der Waals surface area contributed by atoms with Crippen LogP contribution in [0.25, 0.3) is 11.3 Å². The van der Waals surface area contributed by atoms with Crippen molar-refractivity contribution in [1.82, 2.24) is 4.98 Å². The standard InChI is InChI=1S/C29H29N3O3S/c1-19-26(21-9-7-6-8-10-21)31-28(36-19)32-30-18-20-11-16-24(25(17-20)34-5)35-27(33)22-12-14-23(15-13-22)29(2,3)4/h6-18H,1-5H3,(H,31,32)/b30-18+. The first kappa shape index (κ1) is 25.1. The highest BCUT2D eigenvalue weighted by atomic mass is 32.1. The van der Waals surface area contributed by atoms with Gasteiger partial charge in [0.05, 0.1) is 24.6 Å². The highest BCUT2D eigenvalue weighted by Crippen LogP contribution is 2.31. The van der Waals surface area contributed by atoms with E-state index in [0.29, 0.717) is 22.2 Å². The van der Waals surface area contributed by atoms with Crippen molar-refractivity contribution in [2.75, 3.05) is 12.5 Å². The van der Waals surface area contributed by atoms with Crippen molar-refractivity contribution in [1.29, 1.82) is 0 Å². The first-order valence-corrected chi connectivity index (χ1v) is 12.4. The maximum absolute atomic E-state index is 12.7. The van der Waals surface area contributed by atoms with Gasteiger partial charge < -0.3 is 9.47 Å². The Morgan fingerprint density at radius 3 is 2.39 bits per heavy atom. The number of esters is 1. The summed E-state index contributed by atoms with van der Waals surface area (Å²) in [6, 6.07) is 22.8. The Labute approximate surface area is 215 Å². The van der Waals surface area contributed by atoms with Gasteiger partial charge in [-0.1, -0.05) is 63.2 Å². The average Bonchev–Trinajstić information content (AvgIpc) is 3.25. The maximum atomic E-state index is 12.7. The maximum Gasteiger partial charge on any atom is 0.343 e. The fourth-order valence-electron chi connectivity index (χ4n) is 3.58. The van der Waals surface area contributed by atoms with Gasteiger partial charge in [-0.15, -0.1) is 11.3 Å². The van der Waals surface area contributed by atoms with E-state index < -0.39 is 5.97 Å². The molecule has 4 rings (SSSR count). The molecule has 0 saturated carbocycles. The number of anilines is 1. The van der Waals surface area contributed by atoms with Gasteiger partial charge in [-0.25, -0.2) is 9.78 Å². The molecule has 184 valence electrons. The monoisotopic (exact) mass is 499 g/mol. The van der Waals surface area contributed by atoms with E-state index in [1.807, 2.05) is 55.5 Å². The molecule has 6 nitrogen and oxygen atoms in total. The summed E-state index contributed by atoms with van der Waals surface area (Å²) in [5.74, 6) is 0.343. The van der Waals surface area contributed by atoms with E-state index >= 15 is 0 Å². The van der Waals surface area contributed by atoms with Gasteiger partial charge in [0.15, 0.2) is 11.5 Å². The summed E-state index contributed by atoms with van der Waals surface area (Å²) in [5.41, 5.74) is 7.44. The van der Waals surface area contributed by atoms with Gasteiger partial charge in [0, 0.05) is 10.4 Å². The van der Waals surface area contributed by atoms with E-state index in [1.165, 1.54) is 7.11 Å². The molecule has 7 heteroatoms. The Bertz CT molecular complexity index is 1370. The Kier molecular flexibility index (Phi) is 7.50. The molecule has 1 heterocycles. The van der Waals surface area contributed by atoms with Crippen LogP contribution < -0.4 is 14.9 Å². The van der Waals surface area contributed by atoms with Crippen LogP contribution in [0.1, 0.15) is 47.1 Å². The zero-order valence-corrected chi connectivity index (χ0v) is 21.8. The van der Waals surface area contributed by atoms with Crippen molar-refractivity contribution in [2.45, 2.75) is 33.1 Å². The molecule has 1 aromatic heterocycles. The topological polar surface area (TPSA) is 72.8 Å². The number of rotatable bonds is 7. The first-order chi connectivity index (χ1) is 17.2. The van der Waals surface area contributed by atoms with Crippen LogP contribution in [-0.2, 0) is 5.41 Å². The normalized spacial score (nSPS) is 11.5. The molecule has 0 radical (unpaired) electrons. The van der Waals surface area contributed by atoms with E-state index in [9.17, 15) is 4.79 Å². The van der Waals surface area contributed by atoms with Gasteiger partial charge >= 0.3 is 5.97 Å². The minimum atomic E-state index is -0.440. The number of benzene rings is 3. The zero-order chi connectivity index (χ0) is 25.7. The fourth-order valence-corrected chi connectivity index (χ4v) is 4.37. The lowest BCUT2D eigenvalue weighted by molar-refractivity contribution is 0.0729. The summed E-state index contributed by atoms with van der Waals surface area (Å²) in [6.07, 6.45) is 1.66. The number of nitrogens with one attached hydrogen (secondary N) is 1. The lowest BCUT2D eigenvalue weighted by atomic mass is 9.87. The molecule has 0 unspecified atom stereocenters. The number of carbonyl (C=O) groups excluding carboxylic acids is 1. The number of hydrogen-bond donors (Lipinski definition) is 1. The Hall–Kier alpha value is -3.97. The molecular weight excluding hydrogens is 470 g/mol. The summed E-state index contributed by atoms with van der Waals surface area (Å²) in [6.45, 7) is 8.43. The lowest BCUT2D eigenvalue weighted by Gasteiger charge is -2.19. The van der Waals surface area contributed by atoms with Crippen molar-refractivity contribution in [2.24, 2.45) is 5.10 Å². The first-order valence-electron chi connectivity index (χ1n) is 11.6. The van der Waals surface area contributed by atoms with Crippen molar-refractivity contribution < 1.29 is 14.3 Å². The summed E-state index contributed by atoms with van der Waals surface area (Å²) in [4.78, 5) is 18.4. The predicted octanol–water partition coefficient (Wildman–Crippen LogP) is 7.09. The summed E-state index contributed by atoms with van der Waals surface area (Å²) >= 11 is 1.54. The van der Waals surface area contributed by atoms with Crippen LogP contribution in [0.5, 0.6) is 11.5 Å². The molecule has 1 N–H and O–H groups in total. The predicted molar refractivity (Wildman–Crippen MR) is 147 cm³/mol. The zero-order valence-electron chi connectivity index (χ0n) is 21.0. The van der Waals surface area contributed by atoms with Crippen molar-refractivity contribution in [3.63, 3.8) is 0 Å². The third-order valence-corrected chi connectivity index (χ3v) is 6.47. The molecule has 0 fully saturated rings. The molecule has 0 aliphatic rings. The van der Waals surface area contributed by atoms with Crippen molar-refractivity contribution in [3.8, 4) is 22.8 Å². The SMILES string of the molecule is COc1cc(/C=N/Nc2nc(-c3ccccc3)c(C)s2)ccc1OC(=O)c1ccc(C(C)(C)C)cc1. The van der Waals surface area contributed by atoms with Crippen LogP contribution in [0, 0.1) is 6.92 Å². The minimum Gasteiger partial charge on any atom is -0.493 e. The number of nitrogens with zero attached hydrogens (tertiary/aromatic N) is 2. The minimum absolute atomic E-state index is 0.0144. The largest absolute Gasteiger partial charge is 0.493 e. The van der Waals surface area contributed by atoms with Crippen LogP contribution in [0.15, 0.2) is 77.9 Å². The van der Waals surface area contributed by atoms with Gasteiger partial charge in [-0.05, 0) is 53.8 Å². The molecule has 0 amide bonds. The molecule has 0 saturated heterocycles. The van der Waals surface area contributed by atoms with E-state index in [2.05, 4.69) is 36.3 Å². The Morgan fingerprint density at radius 1 is 1.00 bits per heavy atom. The lowest BCUT2D eigenvalue weighted by Crippen LogP contribution is -2.13. The van der Waals surface area contributed by atoms with Crippen molar-refractivity contribution >= 4 is 28.7 Å². The second-order valence-electron chi connectivity index (χ2n) is 9.29. The smallest absolute Gasteiger partial charge is 0.343 e. The Morgan fingerprint density at radius 2 is 1.72 bits per heavy atom.